The molecule has 2 aromatic carbocycles. The van der Waals surface area contributed by atoms with Crippen LogP contribution in [0.25, 0.3) is 10.8 Å². The minimum atomic E-state index is -3.78. The van der Waals surface area contributed by atoms with Gasteiger partial charge in [0.1, 0.15) is 4.90 Å². The van der Waals surface area contributed by atoms with Crippen molar-refractivity contribution in [3.63, 3.8) is 0 Å². The molecule has 0 unspecified atom stereocenters. The summed E-state index contributed by atoms with van der Waals surface area (Å²) < 4.78 is 22.4. The first-order valence-corrected chi connectivity index (χ1v) is 6.52. The van der Waals surface area contributed by atoms with Crippen molar-refractivity contribution in [1.29, 1.82) is 0 Å². The minimum Gasteiger partial charge on any atom is -0.398 e. The van der Waals surface area contributed by atoms with Gasteiger partial charge in [-0.05, 0) is 22.9 Å². The first-order valence-electron chi connectivity index (χ1n) is 4.21. The predicted molar refractivity (Wildman–Crippen MR) is 61.4 cm³/mol. The Morgan fingerprint density at radius 1 is 1.07 bits per heavy atom. The van der Waals surface area contributed by atoms with Gasteiger partial charge < -0.3 is 5.73 Å². The normalized spacial score (nSPS) is 11.8. The SMILES string of the molecule is Nc1cc2ccccc2cc1S(=O)(=O)Cl. The van der Waals surface area contributed by atoms with Gasteiger partial charge >= 0.3 is 0 Å². The van der Waals surface area contributed by atoms with Crippen molar-refractivity contribution in [3.05, 3.63) is 36.4 Å². The van der Waals surface area contributed by atoms with Crippen molar-refractivity contribution in [2.45, 2.75) is 4.90 Å². The zero-order valence-electron chi connectivity index (χ0n) is 7.64. The summed E-state index contributed by atoms with van der Waals surface area (Å²) in [5.74, 6) is 0. The van der Waals surface area contributed by atoms with Gasteiger partial charge in [-0.25, -0.2) is 8.42 Å². The average molecular weight is 242 g/mol. The minimum absolute atomic E-state index is 0.0390. The molecule has 0 amide bonds. The lowest BCUT2D eigenvalue weighted by molar-refractivity contribution is 0.610. The molecule has 0 saturated heterocycles. The van der Waals surface area contributed by atoms with Crippen molar-refractivity contribution in [2.75, 3.05) is 5.73 Å². The second-order valence-corrected chi connectivity index (χ2v) is 5.71. The van der Waals surface area contributed by atoms with E-state index in [-0.39, 0.29) is 10.6 Å². The molecule has 0 heterocycles. The third-order valence-electron chi connectivity index (χ3n) is 2.14. The van der Waals surface area contributed by atoms with Crippen LogP contribution in [0.5, 0.6) is 0 Å². The van der Waals surface area contributed by atoms with Gasteiger partial charge in [0.2, 0.25) is 0 Å². The van der Waals surface area contributed by atoms with Gasteiger partial charge in [-0.1, -0.05) is 24.3 Å². The maximum Gasteiger partial charge on any atom is 0.263 e. The smallest absolute Gasteiger partial charge is 0.263 e. The van der Waals surface area contributed by atoms with Crippen LogP contribution in [0.2, 0.25) is 0 Å². The quantitative estimate of drug-likeness (QED) is 0.616. The second-order valence-electron chi connectivity index (χ2n) is 3.18. The molecule has 2 rings (SSSR count). The third-order valence-corrected chi connectivity index (χ3v) is 3.52. The van der Waals surface area contributed by atoms with E-state index in [4.69, 9.17) is 16.4 Å². The van der Waals surface area contributed by atoms with E-state index >= 15 is 0 Å². The maximum atomic E-state index is 11.2. The van der Waals surface area contributed by atoms with Crippen LogP contribution in [0.1, 0.15) is 0 Å². The molecule has 0 aliphatic rings. The molecule has 0 radical (unpaired) electrons. The Hall–Kier alpha value is -1.26. The van der Waals surface area contributed by atoms with Gasteiger partial charge in [0.05, 0.1) is 5.69 Å². The van der Waals surface area contributed by atoms with Gasteiger partial charge in [0.25, 0.3) is 9.05 Å². The molecule has 3 nitrogen and oxygen atoms in total. The Labute approximate surface area is 91.9 Å². The van der Waals surface area contributed by atoms with Gasteiger partial charge in [-0.2, -0.15) is 0 Å². The number of halogens is 1. The second kappa shape index (κ2) is 3.40. The zero-order valence-corrected chi connectivity index (χ0v) is 9.22. The standard InChI is InChI=1S/C10H8ClNO2S/c11-15(13,14)10-6-8-4-2-1-3-7(8)5-9(10)12/h1-6H,12H2. The molecule has 2 N–H and O–H groups in total. The van der Waals surface area contributed by atoms with E-state index in [0.29, 0.717) is 0 Å². The third kappa shape index (κ3) is 1.91. The molecule has 0 aliphatic carbocycles. The summed E-state index contributed by atoms with van der Waals surface area (Å²) in [6, 6.07) is 10.4. The first-order chi connectivity index (χ1) is 6.98. The number of fused-ring (bicyclic) bond motifs is 1. The van der Waals surface area contributed by atoms with E-state index in [0.717, 1.165) is 10.8 Å². The van der Waals surface area contributed by atoms with Crippen LogP contribution in [0.4, 0.5) is 5.69 Å². The summed E-state index contributed by atoms with van der Waals surface area (Å²) >= 11 is 0. The predicted octanol–water partition coefficient (Wildman–Crippen LogP) is 2.35. The summed E-state index contributed by atoms with van der Waals surface area (Å²) in [5, 5.41) is 1.69. The number of nitrogen functional groups attached to an aromatic ring is 1. The van der Waals surface area contributed by atoms with Crippen LogP contribution < -0.4 is 5.73 Å². The Kier molecular flexibility index (Phi) is 2.32. The highest BCUT2D eigenvalue weighted by atomic mass is 35.7. The van der Waals surface area contributed by atoms with Crippen LogP contribution in [0.3, 0.4) is 0 Å². The zero-order chi connectivity index (χ0) is 11.1. The van der Waals surface area contributed by atoms with Crippen molar-refractivity contribution in [3.8, 4) is 0 Å². The highest BCUT2D eigenvalue weighted by molar-refractivity contribution is 8.13. The molecule has 0 atom stereocenters. The molecule has 2 aromatic rings. The molecule has 0 bridgehead atoms. The fourth-order valence-electron chi connectivity index (χ4n) is 1.45. The fourth-order valence-corrected chi connectivity index (χ4v) is 2.46. The molecule has 0 aromatic heterocycles. The maximum absolute atomic E-state index is 11.2. The van der Waals surface area contributed by atoms with E-state index in [1.165, 1.54) is 6.07 Å². The van der Waals surface area contributed by atoms with Gasteiger partial charge in [0, 0.05) is 10.7 Å². The highest BCUT2D eigenvalue weighted by Gasteiger charge is 2.14. The largest absolute Gasteiger partial charge is 0.398 e. The molecule has 15 heavy (non-hydrogen) atoms. The lowest BCUT2D eigenvalue weighted by Crippen LogP contribution is -1.97. The van der Waals surface area contributed by atoms with Crippen molar-refractivity contribution < 1.29 is 8.42 Å². The summed E-state index contributed by atoms with van der Waals surface area (Å²) in [4.78, 5) is -0.0390. The average Bonchev–Trinajstić information content (AvgIpc) is 2.15. The molecular formula is C10H8ClNO2S. The van der Waals surface area contributed by atoms with E-state index in [2.05, 4.69) is 0 Å². The van der Waals surface area contributed by atoms with Crippen LogP contribution in [0, 0.1) is 0 Å². The van der Waals surface area contributed by atoms with Crippen LogP contribution in [-0.2, 0) is 9.05 Å². The van der Waals surface area contributed by atoms with E-state index < -0.39 is 9.05 Å². The van der Waals surface area contributed by atoms with E-state index in [9.17, 15) is 8.42 Å². The fraction of sp³-hybridized carbons (Fsp3) is 0. The van der Waals surface area contributed by atoms with Gasteiger partial charge in [-0.15, -0.1) is 0 Å². The van der Waals surface area contributed by atoms with Gasteiger partial charge in [0.15, 0.2) is 0 Å². The summed E-state index contributed by atoms with van der Waals surface area (Å²) in [6.45, 7) is 0. The van der Waals surface area contributed by atoms with Gasteiger partial charge in [-0.3, -0.25) is 0 Å². The van der Waals surface area contributed by atoms with E-state index in [1.54, 1.807) is 12.1 Å². The van der Waals surface area contributed by atoms with Crippen molar-refractivity contribution in [1.82, 2.24) is 0 Å². The van der Waals surface area contributed by atoms with Crippen LogP contribution in [0.15, 0.2) is 41.3 Å². The number of hydrogen-bond acceptors (Lipinski definition) is 3. The van der Waals surface area contributed by atoms with E-state index in [1.807, 2.05) is 18.2 Å². The molecule has 78 valence electrons. The van der Waals surface area contributed by atoms with Crippen LogP contribution >= 0.6 is 10.7 Å². The number of anilines is 1. The molecule has 0 spiro atoms. The lowest BCUT2D eigenvalue weighted by Gasteiger charge is -2.04. The Morgan fingerprint density at radius 2 is 1.60 bits per heavy atom. The molecule has 5 heteroatoms. The number of rotatable bonds is 1. The summed E-state index contributed by atoms with van der Waals surface area (Å²) in [6.07, 6.45) is 0. The summed E-state index contributed by atoms with van der Waals surface area (Å²) in [5.41, 5.74) is 5.78. The molecule has 0 aliphatic heterocycles. The number of nitrogens with two attached hydrogens (primary N) is 1. The molecular weight excluding hydrogens is 234 g/mol. The Bertz CT molecular complexity index is 622. The Balaban J connectivity index is 2.84. The van der Waals surface area contributed by atoms with Crippen LogP contribution in [-0.4, -0.2) is 8.42 Å². The Morgan fingerprint density at radius 3 is 2.13 bits per heavy atom. The first kappa shape index (κ1) is 10.3. The highest BCUT2D eigenvalue weighted by Crippen LogP contribution is 2.27. The van der Waals surface area contributed by atoms with Crippen molar-refractivity contribution in [2.24, 2.45) is 0 Å². The topological polar surface area (TPSA) is 60.2 Å². The molecule has 0 saturated carbocycles. The summed E-state index contributed by atoms with van der Waals surface area (Å²) in [7, 11) is 1.48. The lowest BCUT2D eigenvalue weighted by atomic mass is 10.1. The number of benzene rings is 2. The monoisotopic (exact) mass is 241 g/mol. The molecule has 0 fully saturated rings. The number of hydrogen-bond donors (Lipinski definition) is 1. The van der Waals surface area contributed by atoms with Crippen molar-refractivity contribution >= 4 is 36.2 Å².